The Labute approximate surface area is 137 Å². The average molecular weight is 314 g/mol. The molecule has 0 bridgehead atoms. The first-order valence-corrected chi connectivity index (χ1v) is 7.75. The maximum atomic E-state index is 5.35. The minimum Gasteiger partial charge on any atom is -0.497 e. The molecule has 0 radical (unpaired) electrons. The summed E-state index contributed by atoms with van der Waals surface area (Å²) in [6.07, 6.45) is 0.915. The minimum atomic E-state index is 0.655. The summed E-state index contributed by atoms with van der Waals surface area (Å²) in [5, 5.41) is 7.15. The van der Waals surface area contributed by atoms with Crippen molar-refractivity contribution >= 4 is 23.0 Å². The van der Waals surface area contributed by atoms with Gasteiger partial charge in [-0.25, -0.2) is 0 Å². The van der Waals surface area contributed by atoms with Gasteiger partial charge in [0.15, 0.2) is 5.11 Å². The van der Waals surface area contributed by atoms with Crippen LogP contribution in [0.25, 0.3) is 0 Å². The fourth-order valence-corrected chi connectivity index (χ4v) is 2.38. The van der Waals surface area contributed by atoms with Gasteiger partial charge in [0.2, 0.25) is 0 Å². The summed E-state index contributed by atoms with van der Waals surface area (Å²) in [6, 6.07) is 14.3. The van der Waals surface area contributed by atoms with Gasteiger partial charge in [0, 0.05) is 12.2 Å². The number of methoxy groups -OCH3 is 1. The van der Waals surface area contributed by atoms with E-state index in [9.17, 15) is 0 Å². The van der Waals surface area contributed by atoms with Crippen LogP contribution in [0.4, 0.5) is 5.69 Å². The predicted octanol–water partition coefficient (Wildman–Crippen LogP) is 3.84. The first-order chi connectivity index (χ1) is 10.6. The second-order valence-electron chi connectivity index (χ2n) is 5.23. The van der Waals surface area contributed by atoms with Crippen molar-refractivity contribution in [3.8, 4) is 5.75 Å². The van der Waals surface area contributed by atoms with Crippen LogP contribution in [-0.4, -0.2) is 18.8 Å². The first-order valence-electron chi connectivity index (χ1n) is 7.34. The highest BCUT2D eigenvalue weighted by Crippen LogP contribution is 2.17. The molecule has 0 atom stereocenters. The third kappa shape index (κ3) is 4.46. The van der Waals surface area contributed by atoms with E-state index in [2.05, 4.69) is 42.7 Å². The molecule has 2 N–H and O–H groups in total. The summed E-state index contributed by atoms with van der Waals surface area (Å²) in [5.41, 5.74) is 4.79. The SMILES string of the molecule is COc1ccc(CCNC(=S)Nc2cccc(C)c2C)cc1. The van der Waals surface area contributed by atoms with Crippen LogP contribution in [0.1, 0.15) is 16.7 Å². The molecule has 0 aromatic heterocycles. The number of aryl methyl sites for hydroxylation is 1. The molecule has 2 rings (SSSR count). The van der Waals surface area contributed by atoms with Gasteiger partial charge in [0.25, 0.3) is 0 Å². The van der Waals surface area contributed by atoms with Gasteiger partial charge in [-0.2, -0.15) is 0 Å². The van der Waals surface area contributed by atoms with Gasteiger partial charge in [-0.1, -0.05) is 24.3 Å². The number of benzene rings is 2. The van der Waals surface area contributed by atoms with Crippen LogP contribution in [0, 0.1) is 13.8 Å². The number of nitrogens with one attached hydrogen (secondary N) is 2. The van der Waals surface area contributed by atoms with Gasteiger partial charge in [0.1, 0.15) is 5.75 Å². The minimum absolute atomic E-state index is 0.655. The molecule has 4 heteroatoms. The molecule has 0 spiro atoms. The molecule has 3 nitrogen and oxygen atoms in total. The maximum Gasteiger partial charge on any atom is 0.170 e. The van der Waals surface area contributed by atoms with E-state index in [1.807, 2.05) is 24.3 Å². The fourth-order valence-electron chi connectivity index (χ4n) is 2.17. The number of hydrogen-bond acceptors (Lipinski definition) is 2. The molecular formula is C18H22N2OS. The smallest absolute Gasteiger partial charge is 0.170 e. The Bertz CT molecular complexity index is 638. The lowest BCUT2D eigenvalue weighted by Gasteiger charge is -2.13. The highest BCUT2D eigenvalue weighted by atomic mass is 32.1. The summed E-state index contributed by atoms with van der Waals surface area (Å²) >= 11 is 5.35. The second-order valence-corrected chi connectivity index (χ2v) is 5.63. The van der Waals surface area contributed by atoms with Gasteiger partial charge in [-0.05, 0) is 67.4 Å². The highest BCUT2D eigenvalue weighted by molar-refractivity contribution is 7.80. The van der Waals surface area contributed by atoms with Crippen molar-refractivity contribution in [2.24, 2.45) is 0 Å². The van der Waals surface area contributed by atoms with Gasteiger partial charge in [0.05, 0.1) is 7.11 Å². The zero-order chi connectivity index (χ0) is 15.9. The van der Waals surface area contributed by atoms with Crippen molar-refractivity contribution in [2.45, 2.75) is 20.3 Å². The lowest BCUT2D eigenvalue weighted by atomic mass is 10.1. The van der Waals surface area contributed by atoms with Crippen LogP contribution in [0.3, 0.4) is 0 Å². The Balaban J connectivity index is 1.81. The van der Waals surface area contributed by atoms with Crippen molar-refractivity contribution in [3.63, 3.8) is 0 Å². The third-order valence-electron chi connectivity index (χ3n) is 3.71. The first kappa shape index (κ1) is 16.3. The molecule has 116 valence electrons. The second kappa shape index (κ2) is 7.80. The quantitative estimate of drug-likeness (QED) is 0.822. The maximum absolute atomic E-state index is 5.35. The number of rotatable bonds is 5. The van der Waals surface area contributed by atoms with Crippen molar-refractivity contribution < 1.29 is 4.74 Å². The average Bonchev–Trinajstić information content (AvgIpc) is 2.52. The molecule has 0 fully saturated rings. The van der Waals surface area contributed by atoms with Crippen LogP contribution in [0.15, 0.2) is 42.5 Å². The molecule has 0 unspecified atom stereocenters. The summed E-state index contributed by atoms with van der Waals surface area (Å²) in [4.78, 5) is 0. The van der Waals surface area contributed by atoms with E-state index < -0.39 is 0 Å². The van der Waals surface area contributed by atoms with E-state index in [0.717, 1.165) is 24.4 Å². The van der Waals surface area contributed by atoms with Gasteiger partial charge in [-0.15, -0.1) is 0 Å². The zero-order valence-corrected chi connectivity index (χ0v) is 14.1. The zero-order valence-electron chi connectivity index (χ0n) is 13.3. The van der Waals surface area contributed by atoms with Gasteiger partial charge in [-0.3, -0.25) is 0 Å². The molecule has 0 heterocycles. The van der Waals surface area contributed by atoms with Gasteiger partial charge >= 0.3 is 0 Å². The van der Waals surface area contributed by atoms with Crippen LogP contribution in [-0.2, 0) is 6.42 Å². The monoisotopic (exact) mass is 314 g/mol. The van der Waals surface area contributed by atoms with Crippen molar-refractivity contribution in [2.75, 3.05) is 19.0 Å². The van der Waals surface area contributed by atoms with Crippen LogP contribution < -0.4 is 15.4 Å². The number of anilines is 1. The van der Waals surface area contributed by atoms with E-state index >= 15 is 0 Å². The highest BCUT2D eigenvalue weighted by Gasteiger charge is 2.02. The molecule has 0 aliphatic rings. The van der Waals surface area contributed by atoms with E-state index in [1.54, 1.807) is 7.11 Å². The van der Waals surface area contributed by atoms with Crippen LogP contribution in [0.5, 0.6) is 5.75 Å². The summed E-state index contributed by atoms with van der Waals surface area (Å²) < 4.78 is 5.15. The number of hydrogen-bond donors (Lipinski definition) is 2. The van der Waals surface area contributed by atoms with E-state index in [-0.39, 0.29) is 0 Å². The third-order valence-corrected chi connectivity index (χ3v) is 3.96. The number of ether oxygens (including phenoxy) is 1. The molecular weight excluding hydrogens is 292 g/mol. The Kier molecular flexibility index (Phi) is 5.78. The molecule has 0 saturated heterocycles. The number of thiocarbonyl (C=S) groups is 1. The predicted molar refractivity (Wildman–Crippen MR) is 96.8 cm³/mol. The summed E-state index contributed by atoms with van der Waals surface area (Å²) in [6.45, 7) is 4.99. The molecule has 0 aliphatic heterocycles. The van der Waals surface area contributed by atoms with E-state index in [4.69, 9.17) is 17.0 Å². The van der Waals surface area contributed by atoms with Crippen molar-refractivity contribution in [1.29, 1.82) is 0 Å². The standard InChI is InChI=1S/C18H22N2OS/c1-13-5-4-6-17(14(13)2)20-18(22)19-12-11-15-7-9-16(21-3)10-8-15/h4-10H,11-12H2,1-3H3,(H2,19,20,22). The topological polar surface area (TPSA) is 33.3 Å². The van der Waals surface area contributed by atoms with Gasteiger partial charge < -0.3 is 15.4 Å². The van der Waals surface area contributed by atoms with Crippen LogP contribution in [0.2, 0.25) is 0 Å². The Morgan fingerprint density at radius 1 is 1.09 bits per heavy atom. The van der Waals surface area contributed by atoms with Crippen molar-refractivity contribution in [3.05, 3.63) is 59.2 Å². The summed E-state index contributed by atoms with van der Waals surface area (Å²) in [7, 11) is 1.67. The molecule has 0 amide bonds. The lowest BCUT2D eigenvalue weighted by molar-refractivity contribution is 0.414. The summed E-state index contributed by atoms with van der Waals surface area (Å²) in [5.74, 6) is 0.879. The molecule has 2 aromatic rings. The fraction of sp³-hybridized carbons (Fsp3) is 0.278. The Morgan fingerprint density at radius 2 is 1.82 bits per heavy atom. The van der Waals surface area contributed by atoms with E-state index in [1.165, 1.54) is 16.7 Å². The molecule has 2 aromatic carbocycles. The van der Waals surface area contributed by atoms with Crippen molar-refractivity contribution in [1.82, 2.24) is 5.32 Å². The molecule has 0 aliphatic carbocycles. The Hall–Kier alpha value is -2.07. The largest absolute Gasteiger partial charge is 0.497 e. The molecule has 0 saturated carbocycles. The normalized spacial score (nSPS) is 10.1. The Morgan fingerprint density at radius 3 is 2.50 bits per heavy atom. The lowest BCUT2D eigenvalue weighted by Crippen LogP contribution is -2.30. The van der Waals surface area contributed by atoms with Crippen LogP contribution >= 0.6 is 12.2 Å². The van der Waals surface area contributed by atoms with E-state index in [0.29, 0.717) is 5.11 Å². The molecule has 22 heavy (non-hydrogen) atoms.